The van der Waals surface area contributed by atoms with Gasteiger partial charge < -0.3 is 10.4 Å². The highest BCUT2D eigenvalue weighted by molar-refractivity contribution is 5.17. The van der Waals surface area contributed by atoms with Crippen molar-refractivity contribution in [1.82, 2.24) is 5.32 Å². The van der Waals surface area contributed by atoms with Gasteiger partial charge in [-0.15, -0.1) is 0 Å². The van der Waals surface area contributed by atoms with E-state index in [-0.39, 0.29) is 6.54 Å². The summed E-state index contributed by atoms with van der Waals surface area (Å²) in [6.07, 6.45) is -21.5. The van der Waals surface area contributed by atoms with Crippen LogP contribution in [0.3, 0.4) is 0 Å². The molecule has 2 N–H and O–H groups in total. The second kappa shape index (κ2) is 9.28. The molecule has 0 saturated heterocycles. The zero-order valence-electron chi connectivity index (χ0n) is 16.2. The molecule has 0 heterocycles. The monoisotopic (exact) mass is 533 g/mol. The van der Waals surface area contributed by atoms with Gasteiger partial charge in [-0.1, -0.05) is 30.3 Å². The Morgan fingerprint density at radius 3 is 1.50 bits per heavy atom. The minimum absolute atomic E-state index is 0.213. The lowest BCUT2D eigenvalue weighted by molar-refractivity contribution is -0.457. The Bertz CT molecular complexity index is 789. The SMILES string of the molecule is O[C@@H](CNCc1ccccc1)CC(F)(F)C(F)(F)C(F)(F)C(F)(F)C(F)(C(F)(F)F)C(F)(F)F. The van der Waals surface area contributed by atoms with Crippen LogP contribution in [-0.4, -0.2) is 59.5 Å². The predicted molar refractivity (Wildman–Crippen MR) is 84.5 cm³/mol. The molecule has 0 aliphatic rings. The van der Waals surface area contributed by atoms with Crippen molar-refractivity contribution in [3.05, 3.63) is 35.9 Å². The number of rotatable bonds is 10. The van der Waals surface area contributed by atoms with Crippen LogP contribution >= 0.6 is 0 Å². The quantitative estimate of drug-likeness (QED) is 0.367. The van der Waals surface area contributed by atoms with Gasteiger partial charge in [0.25, 0.3) is 0 Å². The van der Waals surface area contributed by atoms with E-state index in [0.29, 0.717) is 5.56 Å². The van der Waals surface area contributed by atoms with E-state index in [2.05, 4.69) is 5.32 Å². The number of halogens is 15. The van der Waals surface area contributed by atoms with Gasteiger partial charge in [-0.25, -0.2) is 4.39 Å². The lowest BCUT2D eigenvalue weighted by Gasteiger charge is -2.43. The molecule has 0 aromatic heterocycles. The van der Waals surface area contributed by atoms with Crippen molar-refractivity contribution >= 4 is 0 Å². The number of aliphatic hydroxyl groups excluding tert-OH is 1. The van der Waals surface area contributed by atoms with Gasteiger partial charge in [0.2, 0.25) is 0 Å². The zero-order chi connectivity index (χ0) is 27.0. The van der Waals surface area contributed by atoms with E-state index in [1.807, 2.05) is 0 Å². The molecule has 0 amide bonds. The van der Waals surface area contributed by atoms with Crippen molar-refractivity contribution in [3.63, 3.8) is 0 Å². The number of aliphatic hydroxyl groups is 1. The molecule has 1 aromatic carbocycles. The first-order chi connectivity index (χ1) is 15.0. The van der Waals surface area contributed by atoms with Crippen molar-refractivity contribution < 1.29 is 71.0 Å². The first-order valence-electron chi connectivity index (χ1n) is 8.73. The van der Waals surface area contributed by atoms with Crippen molar-refractivity contribution in [2.75, 3.05) is 6.54 Å². The van der Waals surface area contributed by atoms with E-state index in [4.69, 9.17) is 0 Å². The molecule has 198 valence electrons. The summed E-state index contributed by atoms with van der Waals surface area (Å²) >= 11 is 0. The average molecular weight is 533 g/mol. The van der Waals surface area contributed by atoms with E-state index < -0.39 is 60.8 Å². The molecule has 0 aliphatic heterocycles. The third-order valence-electron chi connectivity index (χ3n) is 4.51. The first kappa shape index (κ1) is 30.1. The molecule has 17 heteroatoms. The van der Waals surface area contributed by atoms with Crippen molar-refractivity contribution in [2.24, 2.45) is 0 Å². The van der Waals surface area contributed by atoms with E-state index in [0.717, 1.165) is 0 Å². The van der Waals surface area contributed by atoms with Gasteiger partial charge in [-0.3, -0.25) is 0 Å². The lowest BCUT2D eigenvalue weighted by atomic mass is 9.85. The lowest BCUT2D eigenvalue weighted by Crippen LogP contribution is -2.75. The molecule has 34 heavy (non-hydrogen) atoms. The molecule has 2 nitrogen and oxygen atoms in total. The fourth-order valence-corrected chi connectivity index (χ4v) is 2.64. The summed E-state index contributed by atoms with van der Waals surface area (Å²) in [5.41, 5.74) is -7.89. The minimum Gasteiger partial charge on any atom is -0.392 e. The highest BCUT2D eigenvalue weighted by Gasteiger charge is 2.95. The van der Waals surface area contributed by atoms with Gasteiger partial charge >= 0.3 is 41.7 Å². The van der Waals surface area contributed by atoms with Crippen LogP contribution in [0.2, 0.25) is 0 Å². The third kappa shape index (κ3) is 5.04. The Balaban J connectivity index is 3.19. The van der Waals surface area contributed by atoms with Gasteiger partial charge in [0.15, 0.2) is 0 Å². The molecular weight excluding hydrogens is 519 g/mol. The topological polar surface area (TPSA) is 32.3 Å². The number of benzene rings is 1. The van der Waals surface area contributed by atoms with E-state index in [1.54, 1.807) is 6.07 Å². The van der Waals surface area contributed by atoms with Crippen LogP contribution in [0.25, 0.3) is 0 Å². The molecule has 0 fully saturated rings. The average Bonchev–Trinajstić information content (AvgIpc) is 2.65. The Morgan fingerprint density at radius 2 is 1.09 bits per heavy atom. The van der Waals surface area contributed by atoms with Gasteiger partial charge in [0.05, 0.1) is 6.10 Å². The zero-order valence-corrected chi connectivity index (χ0v) is 16.2. The molecule has 0 unspecified atom stereocenters. The van der Waals surface area contributed by atoms with Crippen LogP contribution in [0, 0.1) is 0 Å². The van der Waals surface area contributed by atoms with Crippen molar-refractivity contribution in [2.45, 2.75) is 60.8 Å². The van der Waals surface area contributed by atoms with Crippen LogP contribution in [-0.2, 0) is 6.54 Å². The molecule has 0 aliphatic carbocycles. The Labute approximate surface area is 180 Å². The third-order valence-corrected chi connectivity index (χ3v) is 4.51. The second-order valence-electron chi connectivity index (χ2n) is 7.06. The Kier molecular flexibility index (Phi) is 8.22. The van der Waals surface area contributed by atoms with Gasteiger partial charge in [-0.2, -0.15) is 61.5 Å². The van der Waals surface area contributed by atoms with Gasteiger partial charge in [-0.05, 0) is 5.56 Å². The van der Waals surface area contributed by atoms with Crippen LogP contribution in [0.5, 0.6) is 0 Å². The fourth-order valence-electron chi connectivity index (χ4n) is 2.64. The smallest absolute Gasteiger partial charge is 0.392 e. The summed E-state index contributed by atoms with van der Waals surface area (Å²) in [6, 6.07) is 7.46. The highest BCUT2D eigenvalue weighted by Crippen LogP contribution is 2.64. The van der Waals surface area contributed by atoms with Gasteiger partial charge in [0, 0.05) is 19.5 Å². The number of alkyl halides is 15. The Hall–Kier alpha value is -1.91. The molecule has 0 radical (unpaired) electrons. The molecule has 0 bridgehead atoms. The van der Waals surface area contributed by atoms with Crippen LogP contribution in [0.1, 0.15) is 12.0 Å². The number of hydrogen-bond acceptors (Lipinski definition) is 2. The Morgan fingerprint density at radius 1 is 0.647 bits per heavy atom. The second-order valence-corrected chi connectivity index (χ2v) is 7.06. The molecule has 1 aromatic rings. The molecule has 1 atom stereocenters. The summed E-state index contributed by atoms with van der Waals surface area (Å²) < 4.78 is 197. The van der Waals surface area contributed by atoms with Crippen LogP contribution < -0.4 is 5.32 Å². The van der Waals surface area contributed by atoms with Crippen molar-refractivity contribution in [3.8, 4) is 0 Å². The minimum atomic E-state index is -8.46. The summed E-state index contributed by atoms with van der Waals surface area (Å²) in [5.74, 6) is -30.9. The maximum Gasteiger partial charge on any atom is 0.438 e. The van der Waals surface area contributed by atoms with E-state index >= 15 is 0 Å². The maximum absolute atomic E-state index is 13.8. The predicted octanol–water partition coefficient (Wildman–Crippen LogP) is 5.90. The van der Waals surface area contributed by atoms with Crippen LogP contribution in [0.15, 0.2) is 30.3 Å². The molecular formula is C17H14F15NO. The van der Waals surface area contributed by atoms with E-state index in [9.17, 15) is 71.0 Å². The summed E-state index contributed by atoms with van der Waals surface area (Å²) in [7, 11) is 0. The molecule has 1 rings (SSSR count). The largest absolute Gasteiger partial charge is 0.438 e. The van der Waals surface area contributed by atoms with Crippen LogP contribution in [0.4, 0.5) is 65.9 Å². The molecule has 0 saturated carbocycles. The maximum atomic E-state index is 13.8. The summed E-state index contributed by atoms with van der Waals surface area (Å²) in [6.45, 7) is -1.28. The van der Waals surface area contributed by atoms with Gasteiger partial charge in [0.1, 0.15) is 0 Å². The fraction of sp³-hybridized carbons (Fsp3) is 0.647. The van der Waals surface area contributed by atoms with E-state index in [1.165, 1.54) is 24.3 Å². The normalized spacial score (nSPS) is 16.0. The first-order valence-corrected chi connectivity index (χ1v) is 8.73. The standard InChI is InChI=1S/C17H14F15NO/c18-11(19,6-10(34)8-33-7-9-4-2-1-3-5-9)13(21,22)15(25,26)14(23,24)12(20,16(27,28)29)17(30,31)32/h1-5,10,33-34H,6-8H2/t10-/m1/s1. The molecule has 0 spiro atoms. The van der Waals surface area contributed by atoms with Crippen molar-refractivity contribution in [1.29, 1.82) is 0 Å². The highest BCUT2D eigenvalue weighted by atomic mass is 19.4. The number of nitrogens with one attached hydrogen (secondary N) is 1. The summed E-state index contributed by atoms with van der Waals surface area (Å²) in [4.78, 5) is 0. The number of hydrogen-bond donors (Lipinski definition) is 2. The summed E-state index contributed by atoms with van der Waals surface area (Å²) in [5, 5.41) is 11.6.